The number of hydrogen-bond donors (Lipinski definition) is 2. The van der Waals surface area contributed by atoms with Crippen LogP contribution in [0.3, 0.4) is 0 Å². The molecule has 0 saturated heterocycles. The third-order valence-corrected chi connectivity index (χ3v) is 1.91. The molecule has 5 heteroatoms. The predicted molar refractivity (Wildman–Crippen MR) is 58.6 cm³/mol. The SMILES string of the molecule is C[C@@H](N)C(=O)NCCOc1ccccc1F. The van der Waals surface area contributed by atoms with Gasteiger partial charge >= 0.3 is 0 Å². The zero-order valence-electron chi connectivity index (χ0n) is 9.07. The van der Waals surface area contributed by atoms with Crippen LogP contribution in [-0.2, 0) is 4.79 Å². The fraction of sp³-hybridized carbons (Fsp3) is 0.364. The van der Waals surface area contributed by atoms with Crippen LogP contribution < -0.4 is 15.8 Å². The molecular weight excluding hydrogens is 211 g/mol. The Labute approximate surface area is 93.6 Å². The Morgan fingerprint density at radius 2 is 2.25 bits per heavy atom. The van der Waals surface area contributed by atoms with Crippen molar-refractivity contribution in [3.63, 3.8) is 0 Å². The van der Waals surface area contributed by atoms with Gasteiger partial charge in [-0.3, -0.25) is 4.79 Å². The molecule has 4 nitrogen and oxygen atoms in total. The normalized spacial score (nSPS) is 11.9. The maximum atomic E-state index is 13.1. The molecule has 0 bridgehead atoms. The predicted octanol–water partition coefficient (Wildman–Crippen LogP) is 0.668. The largest absolute Gasteiger partial charge is 0.489 e. The number of carbonyl (C=O) groups is 1. The van der Waals surface area contributed by atoms with Crippen LogP contribution in [0.15, 0.2) is 24.3 Å². The van der Waals surface area contributed by atoms with Gasteiger partial charge in [0, 0.05) is 0 Å². The third kappa shape index (κ3) is 3.86. The second kappa shape index (κ2) is 6.07. The lowest BCUT2D eigenvalue weighted by Crippen LogP contribution is -2.40. The molecule has 1 aromatic carbocycles. The number of hydrogen-bond acceptors (Lipinski definition) is 3. The van der Waals surface area contributed by atoms with Gasteiger partial charge in [0.15, 0.2) is 11.6 Å². The van der Waals surface area contributed by atoms with Gasteiger partial charge in [-0.05, 0) is 19.1 Å². The molecule has 1 rings (SSSR count). The van der Waals surface area contributed by atoms with Crippen molar-refractivity contribution in [3.8, 4) is 5.75 Å². The molecule has 0 spiro atoms. The van der Waals surface area contributed by atoms with Crippen molar-refractivity contribution in [2.24, 2.45) is 5.73 Å². The maximum Gasteiger partial charge on any atom is 0.236 e. The van der Waals surface area contributed by atoms with Gasteiger partial charge in [-0.1, -0.05) is 12.1 Å². The monoisotopic (exact) mass is 226 g/mol. The summed E-state index contributed by atoms with van der Waals surface area (Å²) >= 11 is 0. The maximum absolute atomic E-state index is 13.1. The van der Waals surface area contributed by atoms with E-state index in [1.165, 1.54) is 12.1 Å². The molecule has 16 heavy (non-hydrogen) atoms. The molecule has 0 unspecified atom stereocenters. The van der Waals surface area contributed by atoms with Crippen LogP contribution in [0.1, 0.15) is 6.92 Å². The van der Waals surface area contributed by atoms with E-state index in [1.54, 1.807) is 19.1 Å². The highest BCUT2D eigenvalue weighted by Gasteiger charge is 2.06. The minimum atomic E-state index is -0.548. The molecule has 0 fully saturated rings. The van der Waals surface area contributed by atoms with Crippen LogP contribution in [0.2, 0.25) is 0 Å². The van der Waals surface area contributed by atoms with E-state index in [4.69, 9.17) is 10.5 Å². The first-order valence-corrected chi connectivity index (χ1v) is 5.02. The molecule has 1 amide bonds. The molecule has 0 saturated carbocycles. The van der Waals surface area contributed by atoms with E-state index in [1.807, 2.05) is 0 Å². The summed E-state index contributed by atoms with van der Waals surface area (Å²) in [7, 11) is 0. The van der Waals surface area contributed by atoms with Gasteiger partial charge in [-0.2, -0.15) is 0 Å². The Morgan fingerprint density at radius 3 is 2.88 bits per heavy atom. The van der Waals surface area contributed by atoms with E-state index < -0.39 is 11.9 Å². The standard InChI is InChI=1S/C11H15FN2O2/c1-8(13)11(15)14-6-7-16-10-5-3-2-4-9(10)12/h2-5,8H,6-7,13H2,1H3,(H,14,15)/t8-/m1/s1. The lowest BCUT2D eigenvalue weighted by atomic mass is 10.3. The van der Waals surface area contributed by atoms with Gasteiger partial charge in [0.1, 0.15) is 6.61 Å². The van der Waals surface area contributed by atoms with Crippen molar-refractivity contribution in [1.29, 1.82) is 0 Å². The number of rotatable bonds is 5. The van der Waals surface area contributed by atoms with E-state index in [2.05, 4.69) is 5.32 Å². The quantitative estimate of drug-likeness (QED) is 0.725. The molecule has 0 heterocycles. The summed E-state index contributed by atoms with van der Waals surface area (Å²) in [6.45, 7) is 2.10. The number of benzene rings is 1. The van der Waals surface area contributed by atoms with E-state index in [9.17, 15) is 9.18 Å². The van der Waals surface area contributed by atoms with Crippen molar-refractivity contribution in [2.45, 2.75) is 13.0 Å². The van der Waals surface area contributed by atoms with Gasteiger partial charge in [0.05, 0.1) is 12.6 Å². The summed E-state index contributed by atoms with van der Waals surface area (Å²) in [5.41, 5.74) is 5.34. The summed E-state index contributed by atoms with van der Waals surface area (Å²) < 4.78 is 18.2. The van der Waals surface area contributed by atoms with Gasteiger partial charge in [0.25, 0.3) is 0 Å². The molecule has 0 radical (unpaired) electrons. The fourth-order valence-electron chi connectivity index (χ4n) is 1.06. The molecule has 0 aliphatic heterocycles. The van der Waals surface area contributed by atoms with E-state index >= 15 is 0 Å². The van der Waals surface area contributed by atoms with Crippen LogP contribution in [0.5, 0.6) is 5.75 Å². The lowest BCUT2D eigenvalue weighted by molar-refractivity contribution is -0.122. The number of para-hydroxylation sites is 1. The number of amides is 1. The first kappa shape index (κ1) is 12.4. The lowest BCUT2D eigenvalue weighted by Gasteiger charge is -2.09. The second-order valence-corrected chi connectivity index (χ2v) is 3.36. The average Bonchev–Trinajstić information content (AvgIpc) is 2.26. The Bertz CT molecular complexity index is 356. The van der Waals surface area contributed by atoms with Crippen LogP contribution in [0, 0.1) is 5.82 Å². The van der Waals surface area contributed by atoms with Crippen molar-refractivity contribution >= 4 is 5.91 Å². The van der Waals surface area contributed by atoms with Crippen molar-refractivity contribution in [3.05, 3.63) is 30.1 Å². The first-order valence-electron chi connectivity index (χ1n) is 5.02. The van der Waals surface area contributed by atoms with Gasteiger partial charge < -0.3 is 15.8 Å². The summed E-state index contributed by atoms with van der Waals surface area (Å²) in [6, 6.07) is 5.56. The number of nitrogens with one attached hydrogen (secondary N) is 1. The highest BCUT2D eigenvalue weighted by molar-refractivity contribution is 5.80. The highest BCUT2D eigenvalue weighted by atomic mass is 19.1. The van der Waals surface area contributed by atoms with Crippen LogP contribution in [0.4, 0.5) is 4.39 Å². The molecule has 1 aromatic rings. The summed E-state index contributed by atoms with van der Waals surface area (Å²) in [5.74, 6) is -0.490. The van der Waals surface area contributed by atoms with E-state index in [-0.39, 0.29) is 18.3 Å². The van der Waals surface area contributed by atoms with E-state index in [0.29, 0.717) is 6.54 Å². The minimum Gasteiger partial charge on any atom is -0.489 e. The molecule has 0 aliphatic rings. The van der Waals surface area contributed by atoms with Gasteiger partial charge in [-0.25, -0.2) is 4.39 Å². The Hall–Kier alpha value is -1.62. The van der Waals surface area contributed by atoms with Gasteiger partial charge in [0.2, 0.25) is 5.91 Å². The van der Waals surface area contributed by atoms with Crippen LogP contribution >= 0.6 is 0 Å². The van der Waals surface area contributed by atoms with Crippen LogP contribution in [-0.4, -0.2) is 25.1 Å². The van der Waals surface area contributed by atoms with Crippen LogP contribution in [0.25, 0.3) is 0 Å². The van der Waals surface area contributed by atoms with Crippen molar-refractivity contribution < 1.29 is 13.9 Å². The minimum absolute atomic E-state index is 0.178. The average molecular weight is 226 g/mol. The smallest absolute Gasteiger partial charge is 0.236 e. The fourth-order valence-corrected chi connectivity index (χ4v) is 1.06. The highest BCUT2D eigenvalue weighted by Crippen LogP contribution is 2.14. The Balaban J connectivity index is 2.26. The number of nitrogens with two attached hydrogens (primary N) is 1. The molecule has 0 aromatic heterocycles. The molecule has 0 aliphatic carbocycles. The second-order valence-electron chi connectivity index (χ2n) is 3.36. The zero-order chi connectivity index (χ0) is 12.0. The topological polar surface area (TPSA) is 64.4 Å². The third-order valence-electron chi connectivity index (χ3n) is 1.91. The van der Waals surface area contributed by atoms with Crippen molar-refractivity contribution in [2.75, 3.05) is 13.2 Å². The van der Waals surface area contributed by atoms with Gasteiger partial charge in [-0.15, -0.1) is 0 Å². The van der Waals surface area contributed by atoms with E-state index in [0.717, 1.165) is 0 Å². The first-order chi connectivity index (χ1) is 7.61. The molecule has 1 atom stereocenters. The number of ether oxygens (including phenoxy) is 1. The summed E-state index contributed by atoms with van der Waals surface area (Å²) in [6.07, 6.45) is 0. The Morgan fingerprint density at radius 1 is 1.56 bits per heavy atom. The summed E-state index contributed by atoms with van der Waals surface area (Å²) in [4.78, 5) is 11.1. The van der Waals surface area contributed by atoms with Crippen molar-refractivity contribution in [1.82, 2.24) is 5.32 Å². The molecule has 88 valence electrons. The number of carbonyl (C=O) groups excluding carboxylic acids is 1. The zero-order valence-corrected chi connectivity index (χ0v) is 9.07. The molecule has 3 N–H and O–H groups in total. The molecular formula is C11H15FN2O2. The number of halogens is 1. The summed E-state index contributed by atoms with van der Waals surface area (Å²) in [5, 5.41) is 2.56. The Kier molecular flexibility index (Phi) is 4.72.